The SMILES string of the molecule is CC(C#N)(CC(=O)c1cc(OCC(F)(F)F)c(Cl)cn1)CS(C)(=O)=O. The highest BCUT2D eigenvalue weighted by molar-refractivity contribution is 7.90. The molecule has 0 spiro atoms. The summed E-state index contributed by atoms with van der Waals surface area (Å²) in [6.45, 7) is -0.308. The number of pyridine rings is 1. The summed E-state index contributed by atoms with van der Waals surface area (Å²) in [4.78, 5) is 15.9. The van der Waals surface area contributed by atoms with Crippen molar-refractivity contribution in [1.29, 1.82) is 5.26 Å². The van der Waals surface area contributed by atoms with Crippen LogP contribution in [0, 0.1) is 16.7 Å². The Morgan fingerprint density at radius 2 is 2.04 bits per heavy atom. The molecule has 0 aliphatic heterocycles. The van der Waals surface area contributed by atoms with Crippen molar-refractivity contribution in [3.05, 3.63) is 23.0 Å². The van der Waals surface area contributed by atoms with Crippen molar-refractivity contribution in [2.75, 3.05) is 18.6 Å². The number of hydrogen-bond acceptors (Lipinski definition) is 6. The lowest BCUT2D eigenvalue weighted by atomic mass is 9.88. The Morgan fingerprint density at radius 1 is 1.44 bits per heavy atom. The van der Waals surface area contributed by atoms with E-state index in [4.69, 9.17) is 16.9 Å². The van der Waals surface area contributed by atoms with E-state index in [-0.39, 0.29) is 16.5 Å². The van der Waals surface area contributed by atoms with Gasteiger partial charge < -0.3 is 4.74 Å². The van der Waals surface area contributed by atoms with Crippen LogP contribution >= 0.6 is 11.6 Å². The molecule has 0 bridgehead atoms. The Hall–Kier alpha value is -1.86. The van der Waals surface area contributed by atoms with Crippen molar-refractivity contribution in [2.24, 2.45) is 5.41 Å². The highest BCUT2D eigenvalue weighted by atomic mass is 35.5. The highest BCUT2D eigenvalue weighted by Gasteiger charge is 2.33. The molecule has 0 fully saturated rings. The van der Waals surface area contributed by atoms with Crippen LogP contribution < -0.4 is 4.74 Å². The zero-order valence-corrected chi connectivity index (χ0v) is 14.8. The monoisotopic (exact) mass is 398 g/mol. The number of Topliss-reactive ketones (excluding diaryl/α,β-unsaturated/α-hetero) is 1. The van der Waals surface area contributed by atoms with E-state index in [0.717, 1.165) is 18.5 Å². The van der Waals surface area contributed by atoms with Crippen molar-refractivity contribution in [2.45, 2.75) is 19.5 Å². The van der Waals surface area contributed by atoms with Gasteiger partial charge in [0.05, 0.1) is 23.4 Å². The molecule has 1 rings (SSSR count). The molecule has 6 nitrogen and oxygen atoms in total. The molecule has 25 heavy (non-hydrogen) atoms. The number of ketones is 1. The van der Waals surface area contributed by atoms with Crippen LogP contribution in [0.15, 0.2) is 12.3 Å². The minimum Gasteiger partial charge on any atom is -0.482 e. The number of halogens is 4. The highest BCUT2D eigenvalue weighted by Crippen LogP contribution is 2.29. The zero-order valence-electron chi connectivity index (χ0n) is 13.2. The van der Waals surface area contributed by atoms with E-state index in [1.54, 1.807) is 6.07 Å². The molecule has 1 unspecified atom stereocenters. The number of hydrogen-bond donors (Lipinski definition) is 0. The van der Waals surface area contributed by atoms with Crippen molar-refractivity contribution in [1.82, 2.24) is 4.98 Å². The smallest absolute Gasteiger partial charge is 0.422 e. The predicted octanol–water partition coefficient (Wildman–Crippen LogP) is 2.82. The van der Waals surface area contributed by atoms with E-state index in [1.165, 1.54) is 6.92 Å². The molecule has 0 saturated carbocycles. The van der Waals surface area contributed by atoms with E-state index in [9.17, 15) is 26.4 Å². The van der Waals surface area contributed by atoms with Gasteiger partial charge in [0.1, 0.15) is 26.3 Å². The first kappa shape index (κ1) is 21.2. The normalized spacial score (nSPS) is 14.4. The van der Waals surface area contributed by atoms with E-state index in [0.29, 0.717) is 0 Å². The molecule has 0 radical (unpaired) electrons. The molecule has 0 aromatic carbocycles. The Morgan fingerprint density at radius 3 is 2.52 bits per heavy atom. The second-order valence-corrected chi connectivity index (χ2v) is 8.29. The van der Waals surface area contributed by atoms with Gasteiger partial charge in [-0.2, -0.15) is 18.4 Å². The van der Waals surface area contributed by atoms with Crippen molar-refractivity contribution in [3.63, 3.8) is 0 Å². The van der Waals surface area contributed by atoms with Gasteiger partial charge in [-0.25, -0.2) is 8.42 Å². The standard InChI is InChI=1S/C14H14ClF3N2O4S/c1-13(6-19,8-25(2,22)23)4-11(21)10-3-12(9(15)5-20-10)24-7-14(16,17)18/h3,5H,4,7-8H2,1-2H3. The summed E-state index contributed by atoms with van der Waals surface area (Å²) in [5.41, 5.74) is -1.78. The van der Waals surface area contributed by atoms with E-state index >= 15 is 0 Å². The van der Waals surface area contributed by atoms with E-state index in [2.05, 4.69) is 9.72 Å². The maximum Gasteiger partial charge on any atom is 0.422 e. The molecule has 138 valence electrons. The van der Waals surface area contributed by atoms with Gasteiger partial charge in [-0.15, -0.1) is 0 Å². The Labute approximate surface area is 147 Å². The number of aromatic nitrogens is 1. The number of sulfone groups is 1. The maximum atomic E-state index is 12.2. The summed E-state index contributed by atoms with van der Waals surface area (Å²) >= 11 is 5.68. The van der Waals surface area contributed by atoms with Gasteiger partial charge in [-0.3, -0.25) is 9.78 Å². The molecule has 1 heterocycles. The molecule has 1 atom stereocenters. The average molecular weight is 399 g/mol. The summed E-state index contributed by atoms with van der Waals surface area (Å²) in [6, 6.07) is 2.70. The fraction of sp³-hybridized carbons (Fsp3) is 0.500. The molecule has 0 aliphatic rings. The van der Waals surface area contributed by atoms with Gasteiger partial charge in [0.2, 0.25) is 0 Å². The molecule has 1 aromatic rings. The summed E-state index contributed by atoms with van der Waals surface area (Å²) in [7, 11) is -3.53. The molecule has 1 aromatic heterocycles. The number of rotatable bonds is 7. The van der Waals surface area contributed by atoms with Crippen LogP contribution in [-0.4, -0.2) is 44.0 Å². The maximum absolute atomic E-state index is 12.2. The second kappa shape index (κ2) is 7.58. The summed E-state index contributed by atoms with van der Waals surface area (Å²) in [5, 5.41) is 8.94. The fourth-order valence-electron chi connectivity index (χ4n) is 1.99. The first-order valence-electron chi connectivity index (χ1n) is 6.72. The predicted molar refractivity (Wildman–Crippen MR) is 83.2 cm³/mol. The second-order valence-electron chi connectivity index (χ2n) is 5.75. The third kappa shape index (κ3) is 7.27. The zero-order chi connectivity index (χ0) is 19.5. The Balaban J connectivity index is 3.00. The molecular formula is C14H14ClF3N2O4S. The van der Waals surface area contributed by atoms with Crippen LogP contribution in [0.25, 0.3) is 0 Å². The quantitative estimate of drug-likeness (QED) is 0.655. The summed E-state index contributed by atoms with van der Waals surface area (Å²) < 4.78 is 63.9. The first-order valence-corrected chi connectivity index (χ1v) is 9.16. The largest absolute Gasteiger partial charge is 0.482 e. The van der Waals surface area contributed by atoms with Crippen LogP contribution in [0.2, 0.25) is 5.02 Å². The van der Waals surface area contributed by atoms with Crippen LogP contribution in [0.3, 0.4) is 0 Å². The lowest BCUT2D eigenvalue weighted by Crippen LogP contribution is -2.28. The third-order valence-corrected chi connectivity index (χ3v) is 4.34. The Bertz CT molecular complexity index is 805. The number of nitriles is 1. The van der Waals surface area contributed by atoms with Gasteiger partial charge in [0, 0.05) is 18.7 Å². The topological polar surface area (TPSA) is 97.1 Å². The molecule has 11 heteroatoms. The molecule has 0 amide bonds. The van der Waals surface area contributed by atoms with Gasteiger partial charge in [-0.05, 0) is 6.92 Å². The van der Waals surface area contributed by atoms with Crippen molar-refractivity contribution < 1.29 is 31.1 Å². The van der Waals surface area contributed by atoms with Gasteiger partial charge in [-0.1, -0.05) is 11.6 Å². The molecule has 0 N–H and O–H groups in total. The lowest BCUT2D eigenvalue weighted by Gasteiger charge is -2.19. The van der Waals surface area contributed by atoms with E-state index < -0.39 is 46.0 Å². The van der Waals surface area contributed by atoms with Gasteiger partial charge in [0.25, 0.3) is 0 Å². The minimum absolute atomic E-state index is 0.222. The van der Waals surface area contributed by atoms with Crippen LogP contribution in [0.5, 0.6) is 5.75 Å². The summed E-state index contributed by atoms with van der Waals surface area (Å²) in [6.07, 6.45) is -3.20. The van der Waals surface area contributed by atoms with Crippen LogP contribution in [-0.2, 0) is 9.84 Å². The number of alkyl halides is 3. The van der Waals surface area contributed by atoms with Crippen LogP contribution in [0.1, 0.15) is 23.8 Å². The molecule has 0 saturated heterocycles. The first-order chi connectivity index (χ1) is 11.2. The fourth-order valence-corrected chi connectivity index (χ4v) is 3.47. The number of carbonyl (C=O) groups excluding carboxylic acids is 1. The summed E-state index contributed by atoms with van der Waals surface area (Å²) in [5.74, 6) is -1.66. The van der Waals surface area contributed by atoms with Gasteiger partial charge >= 0.3 is 6.18 Å². The van der Waals surface area contributed by atoms with Crippen molar-refractivity contribution in [3.8, 4) is 11.8 Å². The average Bonchev–Trinajstić information content (AvgIpc) is 2.43. The van der Waals surface area contributed by atoms with Gasteiger partial charge in [0.15, 0.2) is 12.4 Å². The van der Waals surface area contributed by atoms with Crippen LogP contribution in [0.4, 0.5) is 13.2 Å². The number of carbonyl (C=O) groups is 1. The molecule has 0 aliphatic carbocycles. The van der Waals surface area contributed by atoms with E-state index in [1.807, 2.05) is 0 Å². The lowest BCUT2D eigenvalue weighted by molar-refractivity contribution is -0.153. The van der Waals surface area contributed by atoms with Crippen molar-refractivity contribution >= 4 is 27.2 Å². The minimum atomic E-state index is -4.59. The number of nitrogens with zero attached hydrogens (tertiary/aromatic N) is 2. The third-order valence-electron chi connectivity index (χ3n) is 2.90. The molecular weight excluding hydrogens is 385 g/mol. The Kier molecular flexibility index (Phi) is 6.42. The number of ether oxygens (including phenoxy) is 1.